The van der Waals surface area contributed by atoms with E-state index >= 15 is 0 Å². The third-order valence-corrected chi connectivity index (χ3v) is 2.10. The molecule has 0 aliphatic heterocycles. The fourth-order valence-corrected chi connectivity index (χ4v) is 1.46. The SMILES string of the molecule is CCN(CC)/C(=C\C=O)C(C)(C)C. The van der Waals surface area contributed by atoms with Gasteiger partial charge in [-0.25, -0.2) is 0 Å². The van der Waals surface area contributed by atoms with Crippen LogP contribution in [0.4, 0.5) is 0 Å². The summed E-state index contributed by atoms with van der Waals surface area (Å²) >= 11 is 0. The quantitative estimate of drug-likeness (QED) is 0.493. The van der Waals surface area contributed by atoms with Crippen LogP contribution in [0.25, 0.3) is 0 Å². The third-order valence-electron chi connectivity index (χ3n) is 2.10. The van der Waals surface area contributed by atoms with E-state index in [1.165, 1.54) is 0 Å². The molecule has 0 bridgehead atoms. The lowest BCUT2D eigenvalue weighted by Gasteiger charge is -2.33. The fourth-order valence-electron chi connectivity index (χ4n) is 1.46. The zero-order chi connectivity index (χ0) is 10.5. The second-order valence-corrected chi connectivity index (χ2v) is 4.11. The zero-order valence-electron chi connectivity index (χ0n) is 9.42. The molecule has 0 aromatic carbocycles. The van der Waals surface area contributed by atoms with Gasteiger partial charge >= 0.3 is 0 Å². The molecule has 0 aromatic heterocycles. The van der Waals surface area contributed by atoms with Crippen LogP contribution in [0.15, 0.2) is 11.8 Å². The van der Waals surface area contributed by atoms with E-state index < -0.39 is 0 Å². The number of carbonyl (C=O) groups excluding carboxylic acids is 1. The Kier molecular flexibility index (Phi) is 4.74. The van der Waals surface area contributed by atoms with Gasteiger partial charge in [-0.15, -0.1) is 0 Å². The maximum atomic E-state index is 10.5. The molecule has 0 fully saturated rings. The standard InChI is InChI=1S/C11H21NO/c1-6-12(7-2)10(8-9-13)11(3,4)5/h8-9H,6-7H2,1-5H3/b10-8-. The monoisotopic (exact) mass is 183 g/mol. The van der Waals surface area contributed by atoms with Gasteiger partial charge in [0.25, 0.3) is 0 Å². The second kappa shape index (κ2) is 5.05. The summed E-state index contributed by atoms with van der Waals surface area (Å²) < 4.78 is 0. The molecule has 0 aromatic rings. The summed E-state index contributed by atoms with van der Waals surface area (Å²) in [5.74, 6) is 0. The summed E-state index contributed by atoms with van der Waals surface area (Å²) in [5, 5.41) is 0. The highest BCUT2D eigenvalue weighted by Crippen LogP contribution is 2.27. The van der Waals surface area contributed by atoms with Gasteiger partial charge in [0.1, 0.15) is 6.29 Å². The summed E-state index contributed by atoms with van der Waals surface area (Å²) in [6.07, 6.45) is 2.55. The van der Waals surface area contributed by atoms with Crippen molar-refractivity contribution in [3.05, 3.63) is 11.8 Å². The number of allylic oxidation sites excluding steroid dienone is 2. The molecule has 76 valence electrons. The maximum absolute atomic E-state index is 10.5. The lowest BCUT2D eigenvalue weighted by Crippen LogP contribution is -2.30. The van der Waals surface area contributed by atoms with Crippen molar-refractivity contribution in [1.82, 2.24) is 4.90 Å². The molecule has 0 radical (unpaired) electrons. The minimum atomic E-state index is 0.0485. The van der Waals surface area contributed by atoms with Crippen LogP contribution in [0.5, 0.6) is 0 Å². The van der Waals surface area contributed by atoms with Crippen molar-refractivity contribution >= 4 is 6.29 Å². The average Bonchev–Trinajstić information content (AvgIpc) is 2.03. The first-order valence-corrected chi connectivity index (χ1v) is 4.88. The van der Waals surface area contributed by atoms with Crippen LogP contribution in [0.1, 0.15) is 34.6 Å². The van der Waals surface area contributed by atoms with E-state index in [0.717, 1.165) is 25.1 Å². The first kappa shape index (κ1) is 12.2. The first-order valence-electron chi connectivity index (χ1n) is 4.88. The number of hydrogen-bond donors (Lipinski definition) is 0. The van der Waals surface area contributed by atoms with Crippen molar-refractivity contribution in [1.29, 1.82) is 0 Å². The summed E-state index contributed by atoms with van der Waals surface area (Å²) in [7, 11) is 0. The van der Waals surface area contributed by atoms with E-state index in [0.29, 0.717) is 0 Å². The highest BCUT2D eigenvalue weighted by Gasteiger charge is 2.20. The lowest BCUT2D eigenvalue weighted by atomic mass is 9.90. The molecule has 13 heavy (non-hydrogen) atoms. The Morgan fingerprint density at radius 1 is 1.23 bits per heavy atom. The molecule has 0 heterocycles. The maximum Gasteiger partial charge on any atom is 0.144 e. The smallest absolute Gasteiger partial charge is 0.144 e. The summed E-state index contributed by atoms with van der Waals surface area (Å²) in [4.78, 5) is 12.7. The van der Waals surface area contributed by atoms with Crippen molar-refractivity contribution in [2.24, 2.45) is 5.41 Å². The largest absolute Gasteiger partial charge is 0.375 e. The van der Waals surface area contributed by atoms with Gasteiger partial charge in [0.15, 0.2) is 0 Å². The molecule has 0 rings (SSSR count). The molecule has 0 aliphatic rings. The Labute approximate surface area is 81.6 Å². The van der Waals surface area contributed by atoms with Crippen LogP contribution < -0.4 is 0 Å². The van der Waals surface area contributed by atoms with Crippen LogP contribution in [0.3, 0.4) is 0 Å². The van der Waals surface area contributed by atoms with Crippen molar-refractivity contribution < 1.29 is 4.79 Å². The average molecular weight is 183 g/mol. The Balaban J connectivity index is 4.80. The molecule has 0 saturated carbocycles. The minimum Gasteiger partial charge on any atom is -0.375 e. The highest BCUT2D eigenvalue weighted by atomic mass is 16.1. The van der Waals surface area contributed by atoms with Crippen molar-refractivity contribution in [2.75, 3.05) is 13.1 Å². The number of rotatable bonds is 4. The van der Waals surface area contributed by atoms with Gasteiger partial charge in [-0.1, -0.05) is 20.8 Å². The van der Waals surface area contributed by atoms with Gasteiger partial charge < -0.3 is 4.90 Å². The van der Waals surface area contributed by atoms with Crippen LogP contribution >= 0.6 is 0 Å². The van der Waals surface area contributed by atoms with E-state index in [9.17, 15) is 4.79 Å². The predicted octanol–water partition coefficient (Wildman–Crippen LogP) is 2.46. The third kappa shape index (κ3) is 3.62. The minimum absolute atomic E-state index is 0.0485. The van der Waals surface area contributed by atoms with Crippen molar-refractivity contribution in [3.63, 3.8) is 0 Å². The first-order chi connectivity index (χ1) is 5.97. The van der Waals surface area contributed by atoms with Crippen LogP contribution in [0, 0.1) is 5.41 Å². The Hall–Kier alpha value is -0.790. The normalized spacial score (nSPS) is 12.8. The fraction of sp³-hybridized carbons (Fsp3) is 0.727. The van der Waals surface area contributed by atoms with E-state index in [1.807, 2.05) is 0 Å². The Morgan fingerprint density at radius 3 is 1.92 bits per heavy atom. The van der Waals surface area contributed by atoms with Crippen LogP contribution in [0.2, 0.25) is 0 Å². The van der Waals surface area contributed by atoms with Gasteiger partial charge in [0.2, 0.25) is 0 Å². The topological polar surface area (TPSA) is 20.3 Å². The van der Waals surface area contributed by atoms with Crippen LogP contribution in [-0.2, 0) is 4.79 Å². The molecule has 0 saturated heterocycles. The lowest BCUT2D eigenvalue weighted by molar-refractivity contribution is -0.104. The second-order valence-electron chi connectivity index (χ2n) is 4.11. The van der Waals surface area contributed by atoms with Crippen molar-refractivity contribution in [3.8, 4) is 0 Å². The highest BCUT2D eigenvalue weighted by molar-refractivity contribution is 5.66. The Morgan fingerprint density at radius 2 is 1.69 bits per heavy atom. The molecule has 0 aliphatic carbocycles. The predicted molar refractivity (Wildman–Crippen MR) is 56.5 cm³/mol. The van der Waals surface area contributed by atoms with Crippen LogP contribution in [-0.4, -0.2) is 24.3 Å². The van der Waals surface area contributed by atoms with Gasteiger partial charge in [0, 0.05) is 24.2 Å². The molecule has 0 atom stereocenters. The zero-order valence-corrected chi connectivity index (χ0v) is 9.42. The van der Waals surface area contributed by atoms with Gasteiger partial charge in [-0.3, -0.25) is 4.79 Å². The molecular formula is C11H21NO. The van der Waals surface area contributed by atoms with Gasteiger partial charge in [-0.05, 0) is 19.9 Å². The molecule has 0 spiro atoms. The number of carbonyl (C=O) groups is 1. The summed E-state index contributed by atoms with van der Waals surface area (Å²) in [6.45, 7) is 12.5. The number of hydrogen-bond acceptors (Lipinski definition) is 2. The molecule has 2 heteroatoms. The molecule has 0 unspecified atom stereocenters. The van der Waals surface area contributed by atoms with E-state index in [-0.39, 0.29) is 5.41 Å². The van der Waals surface area contributed by atoms with E-state index in [1.54, 1.807) is 6.08 Å². The summed E-state index contributed by atoms with van der Waals surface area (Å²) in [5.41, 5.74) is 1.17. The Bertz CT molecular complexity index is 185. The van der Waals surface area contributed by atoms with Crippen molar-refractivity contribution in [2.45, 2.75) is 34.6 Å². The van der Waals surface area contributed by atoms with E-state index in [2.05, 4.69) is 39.5 Å². The molecule has 0 N–H and O–H groups in total. The van der Waals surface area contributed by atoms with Gasteiger partial charge in [-0.2, -0.15) is 0 Å². The summed E-state index contributed by atoms with van der Waals surface area (Å²) in [6, 6.07) is 0. The van der Waals surface area contributed by atoms with Gasteiger partial charge in [0.05, 0.1) is 0 Å². The number of aldehydes is 1. The molecular weight excluding hydrogens is 162 g/mol. The van der Waals surface area contributed by atoms with E-state index in [4.69, 9.17) is 0 Å². The molecule has 2 nitrogen and oxygen atoms in total. The number of nitrogens with zero attached hydrogens (tertiary/aromatic N) is 1. The molecule has 0 amide bonds.